The van der Waals surface area contributed by atoms with Gasteiger partial charge in [0.05, 0.1) is 0 Å². The Bertz CT molecular complexity index is 557. The summed E-state index contributed by atoms with van der Waals surface area (Å²) in [6.07, 6.45) is 1.65. The third kappa shape index (κ3) is 5.38. The van der Waals surface area contributed by atoms with Gasteiger partial charge in [-0.25, -0.2) is 4.79 Å². The summed E-state index contributed by atoms with van der Waals surface area (Å²) in [7, 11) is 0. The van der Waals surface area contributed by atoms with Gasteiger partial charge >= 0.3 is 6.09 Å². The van der Waals surface area contributed by atoms with E-state index in [0.29, 0.717) is 12.0 Å². The molecule has 1 aliphatic rings. The van der Waals surface area contributed by atoms with Gasteiger partial charge in [-0.3, -0.25) is 0 Å². The molecule has 24 heavy (non-hydrogen) atoms. The van der Waals surface area contributed by atoms with Crippen molar-refractivity contribution >= 4 is 17.7 Å². The summed E-state index contributed by atoms with van der Waals surface area (Å²) >= 11 is 6.31. The van der Waals surface area contributed by atoms with E-state index < -0.39 is 5.60 Å². The van der Waals surface area contributed by atoms with Crippen LogP contribution in [0.5, 0.6) is 0 Å². The maximum Gasteiger partial charge on any atom is 0.410 e. The molecule has 0 spiro atoms. The second kappa shape index (κ2) is 8.21. The minimum atomic E-state index is -0.451. The van der Waals surface area contributed by atoms with Gasteiger partial charge in [-0.2, -0.15) is 0 Å². The molecule has 1 aromatic carbocycles. The number of carbonyl (C=O) groups excluding carboxylic acids is 1. The minimum Gasteiger partial charge on any atom is -0.444 e. The average molecular weight is 353 g/mol. The Hall–Kier alpha value is -1.26. The Morgan fingerprint density at radius 3 is 2.75 bits per heavy atom. The number of hydrogen-bond acceptors (Lipinski definition) is 3. The van der Waals surface area contributed by atoms with Crippen LogP contribution in [0.3, 0.4) is 0 Å². The average Bonchev–Trinajstić information content (AvgIpc) is 2.97. The molecule has 1 heterocycles. The molecule has 4 nitrogen and oxygen atoms in total. The van der Waals surface area contributed by atoms with E-state index in [1.54, 1.807) is 0 Å². The molecule has 1 aromatic rings. The van der Waals surface area contributed by atoms with Crippen LogP contribution in [-0.4, -0.2) is 42.3 Å². The number of hydrogen-bond donors (Lipinski definition) is 1. The zero-order valence-corrected chi connectivity index (χ0v) is 15.9. The van der Waals surface area contributed by atoms with E-state index in [0.717, 1.165) is 43.1 Å². The van der Waals surface area contributed by atoms with Crippen LogP contribution in [0.25, 0.3) is 0 Å². The second-order valence-electron chi connectivity index (χ2n) is 7.43. The van der Waals surface area contributed by atoms with E-state index in [1.807, 2.05) is 43.9 Å². The van der Waals surface area contributed by atoms with Crippen molar-refractivity contribution in [3.63, 3.8) is 0 Å². The van der Waals surface area contributed by atoms with Gasteiger partial charge in [-0.1, -0.05) is 36.7 Å². The molecule has 0 bridgehead atoms. The molecule has 5 heteroatoms. The lowest BCUT2D eigenvalue weighted by Gasteiger charge is -2.27. The normalized spacial score (nSPS) is 19.4. The van der Waals surface area contributed by atoms with Crippen molar-refractivity contribution in [2.24, 2.45) is 5.92 Å². The molecule has 1 aliphatic heterocycles. The molecule has 0 aliphatic carbocycles. The molecule has 0 aromatic heterocycles. The smallest absolute Gasteiger partial charge is 0.410 e. The van der Waals surface area contributed by atoms with E-state index in [-0.39, 0.29) is 6.09 Å². The SMILES string of the molecule is CCNC(Cc1ccccc1Cl)C1CCN(C(=O)OC(C)(C)C)C1. The zero-order chi connectivity index (χ0) is 17.7. The first kappa shape index (κ1) is 19.1. The maximum atomic E-state index is 12.3. The third-order valence-corrected chi connectivity index (χ3v) is 4.68. The van der Waals surface area contributed by atoms with Crippen LogP contribution in [-0.2, 0) is 11.2 Å². The van der Waals surface area contributed by atoms with Crippen LogP contribution in [0.4, 0.5) is 4.79 Å². The maximum absolute atomic E-state index is 12.3. The quantitative estimate of drug-likeness (QED) is 0.866. The summed E-state index contributed by atoms with van der Waals surface area (Å²) in [5.74, 6) is 0.411. The van der Waals surface area contributed by atoms with Crippen LogP contribution in [0.2, 0.25) is 5.02 Å². The van der Waals surface area contributed by atoms with E-state index in [1.165, 1.54) is 0 Å². The molecular formula is C19H29ClN2O2. The number of benzene rings is 1. The van der Waals surface area contributed by atoms with Crippen molar-refractivity contribution in [1.82, 2.24) is 10.2 Å². The molecule has 2 atom stereocenters. The predicted molar refractivity (Wildman–Crippen MR) is 98.5 cm³/mol. The molecule has 134 valence electrons. The van der Waals surface area contributed by atoms with Crippen molar-refractivity contribution in [3.8, 4) is 0 Å². The number of rotatable bonds is 5. The second-order valence-corrected chi connectivity index (χ2v) is 7.84. The fourth-order valence-corrected chi connectivity index (χ4v) is 3.39. The summed E-state index contributed by atoms with van der Waals surface area (Å²) in [4.78, 5) is 14.1. The van der Waals surface area contributed by atoms with Gasteiger partial charge in [-0.05, 0) is 57.7 Å². The van der Waals surface area contributed by atoms with E-state index in [9.17, 15) is 4.79 Å². The molecule has 1 N–H and O–H groups in total. The summed E-state index contributed by atoms with van der Waals surface area (Å²) in [6, 6.07) is 8.29. The molecule has 1 amide bonds. The Morgan fingerprint density at radius 2 is 2.12 bits per heavy atom. The number of carbonyl (C=O) groups is 1. The fraction of sp³-hybridized carbons (Fsp3) is 0.632. The van der Waals surface area contributed by atoms with Crippen LogP contribution < -0.4 is 5.32 Å². The molecule has 0 radical (unpaired) electrons. The monoisotopic (exact) mass is 352 g/mol. The number of nitrogens with zero attached hydrogens (tertiary/aromatic N) is 1. The molecule has 0 saturated carbocycles. The van der Waals surface area contributed by atoms with Crippen molar-refractivity contribution in [2.75, 3.05) is 19.6 Å². The van der Waals surface area contributed by atoms with Gasteiger partial charge in [0.2, 0.25) is 0 Å². The van der Waals surface area contributed by atoms with Gasteiger partial charge in [0.15, 0.2) is 0 Å². The molecular weight excluding hydrogens is 324 g/mol. The summed E-state index contributed by atoms with van der Waals surface area (Å²) in [6.45, 7) is 10.2. The molecule has 2 rings (SSSR count). The molecule has 1 saturated heterocycles. The third-order valence-electron chi connectivity index (χ3n) is 4.31. The van der Waals surface area contributed by atoms with Crippen LogP contribution >= 0.6 is 11.6 Å². The van der Waals surface area contributed by atoms with Gasteiger partial charge in [0, 0.05) is 24.2 Å². The number of amides is 1. The van der Waals surface area contributed by atoms with Gasteiger partial charge in [0.1, 0.15) is 5.60 Å². The number of likely N-dealkylation sites (tertiary alicyclic amines) is 1. The summed E-state index contributed by atoms with van der Waals surface area (Å²) in [5.41, 5.74) is 0.703. The van der Waals surface area contributed by atoms with Crippen molar-refractivity contribution in [2.45, 2.75) is 52.2 Å². The Morgan fingerprint density at radius 1 is 1.42 bits per heavy atom. The highest BCUT2D eigenvalue weighted by Crippen LogP contribution is 2.26. The van der Waals surface area contributed by atoms with Crippen LogP contribution in [0.1, 0.15) is 39.7 Å². The fourth-order valence-electron chi connectivity index (χ4n) is 3.18. The van der Waals surface area contributed by atoms with E-state index >= 15 is 0 Å². The number of likely N-dealkylation sites (N-methyl/N-ethyl adjacent to an activating group) is 1. The lowest BCUT2D eigenvalue weighted by molar-refractivity contribution is 0.0285. The standard InChI is InChI=1S/C19H29ClN2O2/c1-5-21-17(12-14-8-6-7-9-16(14)20)15-10-11-22(13-15)18(23)24-19(2,3)4/h6-9,15,17,21H,5,10-13H2,1-4H3. The van der Waals surface area contributed by atoms with Crippen molar-refractivity contribution in [3.05, 3.63) is 34.9 Å². The number of halogens is 1. The highest BCUT2D eigenvalue weighted by atomic mass is 35.5. The summed E-state index contributed by atoms with van der Waals surface area (Å²) in [5, 5.41) is 4.38. The Kier molecular flexibility index (Phi) is 6.53. The molecule has 2 unspecified atom stereocenters. The van der Waals surface area contributed by atoms with Gasteiger partial charge < -0.3 is 15.0 Å². The highest BCUT2D eigenvalue weighted by molar-refractivity contribution is 6.31. The van der Waals surface area contributed by atoms with E-state index in [4.69, 9.17) is 16.3 Å². The largest absolute Gasteiger partial charge is 0.444 e. The predicted octanol–water partition coefficient (Wildman–Crippen LogP) is 4.12. The zero-order valence-electron chi connectivity index (χ0n) is 15.1. The Labute approximate surface area is 150 Å². The van der Waals surface area contributed by atoms with Crippen LogP contribution in [0.15, 0.2) is 24.3 Å². The Balaban J connectivity index is 2.00. The molecule has 1 fully saturated rings. The van der Waals surface area contributed by atoms with Gasteiger partial charge in [-0.15, -0.1) is 0 Å². The first-order valence-electron chi connectivity index (χ1n) is 8.75. The van der Waals surface area contributed by atoms with Crippen LogP contribution in [0, 0.1) is 5.92 Å². The van der Waals surface area contributed by atoms with Gasteiger partial charge in [0.25, 0.3) is 0 Å². The van der Waals surface area contributed by atoms with Crippen molar-refractivity contribution < 1.29 is 9.53 Å². The van der Waals surface area contributed by atoms with Crippen molar-refractivity contribution in [1.29, 1.82) is 0 Å². The first-order chi connectivity index (χ1) is 11.3. The topological polar surface area (TPSA) is 41.6 Å². The van der Waals surface area contributed by atoms with E-state index in [2.05, 4.69) is 18.3 Å². The number of nitrogens with one attached hydrogen (secondary N) is 1. The highest BCUT2D eigenvalue weighted by Gasteiger charge is 2.33. The minimum absolute atomic E-state index is 0.210. The number of ether oxygens (including phenoxy) is 1. The lowest BCUT2D eigenvalue weighted by atomic mass is 9.92. The first-order valence-corrected chi connectivity index (χ1v) is 9.12. The summed E-state index contributed by atoms with van der Waals surface area (Å²) < 4.78 is 5.49. The lowest BCUT2D eigenvalue weighted by Crippen LogP contribution is -2.41.